The Labute approximate surface area is 163 Å². The van der Waals surface area contributed by atoms with Gasteiger partial charge in [-0.3, -0.25) is 4.79 Å². The second kappa shape index (κ2) is 8.90. The van der Waals surface area contributed by atoms with Gasteiger partial charge in [0.25, 0.3) is 5.91 Å². The molecule has 0 bridgehead atoms. The number of amides is 1. The fourth-order valence-corrected chi connectivity index (χ4v) is 4.74. The summed E-state index contributed by atoms with van der Waals surface area (Å²) in [5.74, 6) is -0.339. The quantitative estimate of drug-likeness (QED) is 0.686. The highest BCUT2D eigenvalue weighted by Crippen LogP contribution is 2.28. The first kappa shape index (κ1) is 20.8. The van der Waals surface area contributed by atoms with Crippen LogP contribution in [0.3, 0.4) is 0 Å². The molecule has 0 spiro atoms. The van der Waals surface area contributed by atoms with Gasteiger partial charge < -0.3 is 5.32 Å². The zero-order valence-corrected chi connectivity index (χ0v) is 17.2. The van der Waals surface area contributed by atoms with Gasteiger partial charge in [0.2, 0.25) is 10.0 Å². The molecule has 26 heavy (non-hydrogen) atoms. The maximum absolute atomic E-state index is 12.7. The number of sulfonamides is 1. The minimum Gasteiger partial charge on any atom is -0.321 e. The molecule has 0 fully saturated rings. The van der Waals surface area contributed by atoms with Gasteiger partial charge in [-0.05, 0) is 36.6 Å². The highest BCUT2D eigenvalue weighted by Gasteiger charge is 2.23. The molecule has 0 heterocycles. The van der Waals surface area contributed by atoms with Gasteiger partial charge in [-0.15, -0.1) is 11.8 Å². The van der Waals surface area contributed by atoms with E-state index < -0.39 is 10.0 Å². The molecule has 0 saturated carbocycles. The van der Waals surface area contributed by atoms with Crippen molar-refractivity contribution in [1.29, 1.82) is 0 Å². The van der Waals surface area contributed by atoms with Crippen molar-refractivity contribution in [3.05, 3.63) is 53.1 Å². The van der Waals surface area contributed by atoms with Crippen LogP contribution in [0, 0.1) is 0 Å². The number of thioether (sulfide) groups is 1. The third-order valence-electron chi connectivity index (χ3n) is 3.88. The standard InChI is InChI=1S/C18H21ClN2O3S2/c1-4-21(5-2)26(23,24)13-10-11-15(19)16(12-13)20-18(22)14-8-6-7-9-17(14)25-3/h6-12H,4-5H2,1-3H3,(H,20,22). The van der Waals surface area contributed by atoms with Gasteiger partial charge in [0.1, 0.15) is 0 Å². The van der Waals surface area contributed by atoms with E-state index in [9.17, 15) is 13.2 Å². The summed E-state index contributed by atoms with van der Waals surface area (Å²) in [6.45, 7) is 4.28. The van der Waals surface area contributed by atoms with Crippen LogP contribution in [0.15, 0.2) is 52.3 Å². The number of hydrogen-bond donors (Lipinski definition) is 1. The first-order valence-electron chi connectivity index (χ1n) is 8.09. The smallest absolute Gasteiger partial charge is 0.256 e. The third kappa shape index (κ3) is 4.40. The lowest BCUT2D eigenvalue weighted by Crippen LogP contribution is -2.30. The van der Waals surface area contributed by atoms with Gasteiger partial charge in [-0.25, -0.2) is 8.42 Å². The number of anilines is 1. The van der Waals surface area contributed by atoms with Crippen LogP contribution in [0.4, 0.5) is 5.69 Å². The highest BCUT2D eigenvalue weighted by molar-refractivity contribution is 7.98. The topological polar surface area (TPSA) is 66.5 Å². The Morgan fingerprint density at radius 1 is 1.15 bits per heavy atom. The van der Waals surface area contributed by atoms with Crippen molar-refractivity contribution in [1.82, 2.24) is 4.31 Å². The number of carbonyl (C=O) groups is 1. The Kier molecular flexibility index (Phi) is 7.11. The van der Waals surface area contributed by atoms with Crippen LogP contribution in [-0.4, -0.2) is 38.0 Å². The van der Waals surface area contributed by atoms with Gasteiger partial charge in [0.05, 0.1) is 21.2 Å². The molecule has 0 aromatic heterocycles. The molecular formula is C18H21ClN2O3S2. The number of benzene rings is 2. The average Bonchev–Trinajstić information content (AvgIpc) is 2.64. The summed E-state index contributed by atoms with van der Waals surface area (Å²) in [5, 5.41) is 3.00. The summed E-state index contributed by atoms with van der Waals surface area (Å²) in [6, 6.07) is 11.5. The van der Waals surface area contributed by atoms with Gasteiger partial charge >= 0.3 is 0 Å². The molecule has 0 aliphatic carbocycles. The predicted octanol–water partition coefficient (Wildman–Crippen LogP) is 4.34. The van der Waals surface area contributed by atoms with E-state index in [0.29, 0.717) is 18.7 Å². The molecule has 5 nitrogen and oxygen atoms in total. The lowest BCUT2D eigenvalue weighted by atomic mass is 10.2. The molecule has 1 N–H and O–H groups in total. The molecule has 2 aromatic carbocycles. The first-order valence-corrected chi connectivity index (χ1v) is 11.1. The molecule has 0 radical (unpaired) electrons. The van der Waals surface area contributed by atoms with E-state index in [0.717, 1.165) is 4.90 Å². The van der Waals surface area contributed by atoms with Crippen LogP contribution in [-0.2, 0) is 10.0 Å². The van der Waals surface area contributed by atoms with Crippen LogP contribution >= 0.6 is 23.4 Å². The van der Waals surface area contributed by atoms with E-state index >= 15 is 0 Å². The van der Waals surface area contributed by atoms with E-state index in [4.69, 9.17) is 11.6 Å². The van der Waals surface area contributed by atoms with Crippen molar-refractivity contribution in [2.75, 3.05) is 24.7 Å². The zero-order valence-electron chi connectivity index (χ0n) is 14.8. The molecule has 0 aliphatic rings. The van der Waals surface area contributed by atoms with Crippen molar-refractivity contribution in [2.45, 2.75) is 23.6 Å². The Balaban J connectivity index is 2.38. The van der Waals surface area contributed by atoms with Gasteiger partial charge in [-0.1, -0.05) is 37.6 Å². The minimum atomic E-state index is -3.63. The van der Waals surface area contributed by atoms with E-state index in [-0.39, 0.29) is 21.5 Å². The van der Waals surface area contributed by atoms with Crippen LogP contribution in [0.2, 0.25) is 5.02 Å². The third-order valence-corrected chi connectivity index (χ3v) is 7.05. The van der Waals surface area contributed by atoms with Gasteiger partial charge in [0.15, 0.2) is 0 Å². The van der Waals surface area contributed by atoms with Crippen molar-refractivity contribution < 1.29 is 13.2 Å². The summed E-state index contributed by atoms with van der Waals surface area (Å²) in [7, 11) is -3.63. The van der Waals surface area contributed by atoms with Gasteiger partial charge in [0, 0.05) is 18.0 Å². The molecule has 0 saturated heterocycles. The number of halogens is 1. The molecule has 8 heteroatoms. The Morgan fingerprint density at radius 3 is 2.42 bits per heavy atom. The molecule has 0 atom stereocenters. The van der Waals surface area contributed by atoms with Crippen LogP contribution in [0.25, 0.3) is 0 Å². The molecule has 0 unspecified atom stereocenters. The van der Waals surface area contributed by atoms with E-state index in [1.54, 1.807) is 26.0 Å². The summed E-state index contributed by atoms with van der Waals surface area (Å²) in [4.78, 5) is 13.5. The average molecular weight is 413 g/mol. The summed E-state index contributed by atoms with van der Waals surface area (Å²) < 4.78 is 26.7. The number of nitrogens with one attached hydrogen (secondary N) is 1. The van der Waals surface area contributed by atoms with Crippen molar-refractivity contribution in [2.24, 2.45) is 0 Å². The minimum absolute atomic E-state index is 0.0963. The van der Waals surface area contributed by atoms with Crippen molar-refractivity contribution in [3.8, 4) is 0 Å². The summed E-state index contributed by atoms with van der Waals surface area (Å²) in [5.41, 5.74) is 0.772. The van der Waals surface area contributed by atoms with Crippen molar-refractivity contribution >= 4 is 45.0 Å². The first-order chi connectivity index (χ1) is 12.3. The van der Waals surface area contributed by atoms with E-state index in [2.05, 4.69) is 5.32 Å². The monoisotopic (exact) mass is 412 g/mol. The SMILES string of the molecule is CCN(CC)S(=O)(=O)c1ccc(Cl)c(NC(=O)c2ccccc2SC)c1. The normalized spacial score (nSPS) is 11.6. The molecule has 1 amide bonds. The molecule has 0 aliphatic heterocycles. The number of rotatable bonds is 7. The van der Waals surface area contributed by atoms with E-state index in [1.165, 1.54) is 34.3 Å². The molecule has 2 rings (SSSR count). The van der Waals surface area contributed by atoms with Gasteiger partial charge in [-0.2, -0.15) is 4.31 Å². The lowest BCUT2D eigenvalue weighted by Gasteiger charge is -2.19. The van der Waals surface area contributed by atoms with Crippen LogP contribution in [0.1, 0.15) is 24.2 Å². The predicted molar refractivity (Wildman–Crippen MR) is 108 cm³/mol. The zero-order chi connectivity index (χ0) is 19.3. The molecular weight excluding hydrogens is 392 g/mol. The van der Waals surface area contributed by atoms with Crippen LogP contribution in [0.5, 0.6) is 0 Å². The molecule has 140 valence electrons. The maximum atomic E-state index is 12.7. The Morgan fingerprint density at radius 2 is 1.81 bits per heavy atom. The van der Waals surface area contributed by atoms with Crippen LogP contribution < -0.4 is 5.32 Å². The number of nitrogens with zero attached hydrogens (tertiary/aromatic N) is 1. The number of carbonyl (C=O) groups excluding carboxylic acids is 1. The summed E-state index contributed by atoms with van der Waals surface area (Å²) in [6.07, 6.45) is 1.89. The maximum Gasteiger partial charge on any atom is 0.256 e. The fourth-order valence-electron chi connectivity index (χ4n) is 2.50. The largest absolute Gasteiger partial charge is 0.321 e. The highest BCUT2D eigenvalue weighted by atomic mass is 35.5. The fraction of sp³-hybridized carbons (Fsp3) is 0.278. The number of hydrogen-bond acceptors (Lipinski definition) is 4. The lowest BCUT2D eigenvalue weighted by molar-refractivity contribution is 0.102. The summed E-state index contributed by atoms with van der Waals surface area (Å²) >= 11 is 7.63. The Bertz CT molecular complexity index is 897. The second-order valence-electron chi connectivity index (χ2n) is 5.39. The second-order valence-corrected chi connectivity index (χ2v) is 8.58. The molecule has 2 aromatic rings. The van der Waals surface area contributed by atoms with Crippen molar-refractivity contribution in [3.63, 3.8) is 0 Å². The Hall–Kier alpha value is -1.54. The van der Waals surface area contributed by atoms with E-state index in [1.807, 2.05) is 18.4 Å².